The monoisotopic (exact) mass is 173 g/mol. The van der Waals surface area contributed by atoms with Crippen molar-refractivity contribution in [1.29, 1.82) is 0 Å². The second-order valence-corrected chi connectivity index (χ2v) is 2.93. The molecule has 0 bridgehead atoms. The van der Waals surface area contributed by atoms with Crippen molar-refractivity contribution in [3.8, 4) is 0 Å². The molecule has 1 rings (SSSR count). The average molecular weight is 173 g/mol. The molecule has 0 unspecified atom stereocenters. The number of hydrogen-bond donors (Lipinski definition) is 0. The molecule has 1 nitrogen and oxygen atoms in total. The summed E-state index contributed by atoms with van der Waals surface area (Å²) in [5, 5.41) is 0. The molecule has 0 aliphatic rings. The molecule has 0 aliphatic heterocycles. The number of aliphatic imine (C=N–C) groups is 1. The van der Waals surface area contributed by atoms with Crippen molar-refractivity contribution >= 4 is 12.4 Å². The summed E-state index contributed by atoms with van der Waals surface area (Å²) in [4.78, 5) is 4.06. The van der Waals surface area contributed by atoms with Gasteiger partial charge in [0.2, 0.25) is 0 Å². The number of aryl methyl sites for hydroxylation is 1. The van der Waals surface area contributed by atoms with Gasteiger partial charge in [-0.25, -0.2) is 0 Å². The third kappa shape index (κ3) is 2.05. The van der Waals surface area contributed by atoms with Crippen LogP contribution >= 0.6 is 0 Å². The first-order valence-electron chi connectivity index (χ1n) is 4.51. The first-order valence-corrected chi connectivity index (χ1v) is 4.51. The Kier molecular flexibility index (Phi) is 3.44. The lowest BCUT2D eigenvalue weighted by molar-refractivity contribution is 1.11. The SMILES string of the molecule is C=CCc1cccc(CC)c1N=C. The van der Waals surface area contributed by atoms with Gasteiger partial charge in [0.15, 0.2) is 0 Å². The van der Waals surface area contributed by atoms with Crippen LogP contribution in [0.4, 0.5) is 5.69 Å². The fourth-order valence-corrected chi connectivity index (χ4v) is 1.45. The maximum absolute atomic E-state index is 4.06. The predicted octanol–water partition coefficient (Wildman–Crippen LogP) is 3.31. The molecule has 0 amide bonds. The Morgan fingerprint density at radius 3 is 2.62 bits per heavy atom. The van der Waals surface area contributed by atoms with Crippen molar-refractivity contribution in [2.45, 2.75) is 19.8 Å². The van der Waals surface area contributed by atoms with Gasteiger partial charge in [-0.3, -0.25) is 4.99 Å². The summed E-state index contributed by atoms with van der Waals surface area (Å²) < 4.78 is 0. The Morgan fingerprint density at radius 1 is 1.38 bits per heavy atom. The van der Waals surface area contributed by atoms with Crippen LogP contribution in [0.1, 0.15) is 18.1 Å². The maximum Gasteiger partial charge on any atom is 0.0689 e. The normalized spacial score (nSPS) is 9.62. The first-order chi connectivity index (χ1) is 6.33. The third-order valence-corrected chi connectivity index (χ3v) is 2.11. The van der Waals surface area contributed by atoms with Gasteiger partial charge in [0.25, 0.3) is 0 Å². The number of rotatable bonds is 4. The molecule has 1 heteroatoms. The summed E-state index contributed by atoms with van der Waals surface area (Å²) >= 11 is 0. The zero-order chi connectivity index (χ0) is 9.68. The van der Waals surface area contributed by atoms with Crippen LogP contribution in [0, 0.1) is 0 Å². The highest BCUT2D eigenvalue weighted by Gasteiger charge is 2.02. The molecule has 0 spiro atoms. The van der Waals surface area contributed by atoms with E-state index in [4.69, 9.17) is 0 Å². The van der Waals surface area contributed by atoms with Gasteiger partial charge in [-0.15, -0.1) is 6.58 Å². The summed E-state index contributed by atoms with van der Waals surface area (Å²) in [7, 11) is 0. The molecule has 13 heavy (non-hydrogen) atoms. The number of allylic oxidation sites excluding steroid dienone is 1. The average Bonchev–Trinajstić information content (AvgIpc) is 2.18. The molecular weight excluding hydrogens is 158 g/mol. The standard InChI is InChI=1S/C12H15N/c1-4-7-11-9-6-8-10(5-2)12(11)13-3/h4,6,8-9H,1,3,5,7H2,2H3. The molecular formula is C12H15N. The molecule has 0 heterocycles. The largest absolute Gasteiger partial charge is 0.264 e. The van der Waals surface area contributed by atoms with Crippen LogP contribution in [0.5, 0.6) is 0 Å². The Balaban J connectivity index is 3.17. The van der Waals surface area contributed by atoms with E-state index in [0.717, 1.165) is 18.5 Å². The van der Waals surface area contributed by atoms with Gasteiger partial charge in [-0.1, -0.05) is 31.2 Å². The van der Waals surface area contributed by atoms with Crippen molar-refractivity contribution in [2.75, 3.05) is 0 Å². The predicted molar refractivity (Wildman–Crippen MR) is 58.9 cm³/mol. The maximum atomic E-state index is 4.06. The van der Waals surface area contributed by atoms with E-state index in [1.54, 1.807) is 0 Å². The second-order valence-electron chi connectivity index (χ2n) is 2.93. The molecule has 0 N–H and O–H groups in total. The number of hydrogen-bond acceptors (Lipinski definition) is 1. The zero-order valence-corrected chi connectivity index (χ0v) is 8.09. The van der Waals surface area contributed by atoms with Gasteiger partial charge in [0.05, 0.1) is 5.69 Å². The Morgan fingerprint density at radius 2 is 2.08 bits per heavy atom. The van der Waals surface area contributed by atoms with E-state index in [1.807, 2.05) is 6.08 Å². The molecule has 68 valence electrons. The molecule has 0 fully saturated rings. The van der Waals surface area contributed by atoms with E-state index in [0.29, 0.717) is 0 Å². The molecule has 0 aromatic heterocycles. The van der Waals surface area contributed by atoms with Crippen molar-refractivity contribution in [3.63, 3.8) is 0 Å². The van der Waals surface area contributed by atoms with Crippen molar-refractivity contribution in [3.05, 3.63) is 42.0 Å². The summed E-state index contributed by atoms with van der Waals surface area (Å²) in [5.41, 5.74) is 3.50. The van der Waals surface area contributed by atoms with E-state index in [-0.39, 0.29) is 0 Å². The molecule has 1 aromatic rings. The van der Waals surface area contributed by atoms with Crippen LogP contribution in [0.25, 0.3) is 0 Å². The van der Waals surface area contributed by atoms with Crippen LogP contribution in [0.15, 0.2) is 35.8 Å². The summed E-state index contributed by atoms with van der Waals surface area (Å²) in [5.74, 6) is 0. The summed E-state index contributed by atoms with van der Waals surface area (Å²) in [6.45, 7) is 9.45. The van der Waals surface area contributed by atoms with E-state index >= 15 is 0 Å². The molecule has 0 saturated heterocycles. The number of para-hydroxylation sites is 1. The van der Waals surface area contributed by atoms with E-state index in [9.17, 15) is 0 Å². The van der Waals surface area contributed by atoms with Gasteiger partial charge >= 0.3 is 0 Å². The van der Waals surface area contributed by atoms with Crippen LogP contribution in [-0.4, -0.2) is 6.72 Å². The highest BCUT2D eigenvalue weighted by atomic mass is 14.7. The summed E-state index contributed by atoms with van der Waals surface area (Å²) in [6.07, 6.45) is 3.75. The van der Waals surface area contributed by atoms with Gasteiger partial charge < -0.3 is 0 Å². The fraction of sp³-hybridized carbons (Fsp3) is 0.250. The highest BCUT2D eigenvalue weighted by molar-refractivity contribution is 5.57. The topological polar surface area (TPSA) is 12.4 Å². The van der Waals surface area contributed by atoms with E-state index in [1.165, 1.54) is 11.1 Å². The van der Waals surface area contributed by atoms with Crippen molar-refractivity contribution in [2.24, 2.45) is 4.99 Å². The van der Waals surface area contributed by atoms with Gasteiger partial charge in [-0.05, 0) is 30.7 Å². The third-order valence-electron chi connectivity index (χ3n) is 2.11. The molecule has 1 aromatic carbocycles. The van der Waals surface area contributed by atoms with Crippen LogP contribution in [0.3, 0.4) is 0 Å². The van der Waals surface area contributed by atoms with Crippen LogP contribution in [0.2, 0.25) is 0 Å². The minimum Gasteiger partial charge on any atom is -0.264 e. The lowest BCUT2D eigenvalue weighted by Gasteiger charge is -2.07. The molecule has 0 saturated carbocycles. The van der Waals surface area contributed by atoms with E-state index < -0.39 is 0 Å². The van der Waals surface area contributed by atoms with E-state index in [2.05, 4.69) is 43.4 Å². The number of benzene rings is 1. The summed E-state index contributed by atoms with van der Waals surface area (Å²) in [6, 6.07) is 6.23. The highest BCUT2D eigenvalue weighted by Crippen LogP contribution is 2.24. The molecule has 0 radical (unpaired) electrons. The fourth-order valence-electron chi connectivity index (χ4n) is 1.45. The molecule has 0 aliphatic carbocycles. The lowest BCUT2D eigenvalue weighted by atomic mass is 10.0. The number of nitrogens with zero attached hydrogens (tertiary/aromatic N) is 1. The van der Waals surface area contributed by atoms with Gasteiger partial charge in [0, 0.05) is 0 Å². The van der Waals surface area contributed by atoms with Gasteiger partial charge in [0.1, 0.15) is 0 Å². The minimum absolute atomic E-state index is 0.863. The Bertz CT molecular complexity index is 313. The quantitative estimate of drug-likeness (QED) is 0.489. The van der Waals surface area contributed by atoms with Crippen LogP contribution in [-0.2, 0) is 12.8 Å². The van der Waals surface area contributed by atoms with Crippen molar-refractivity contribution < 1.29 is 0 Å². The molecule has 0 atom stereocenters. The van der Waals surface area contributed by atoms with Crippen molar-refractivity contribution in [1.82, 2.24) is 0 Å². The Labute approximate surface area is 79.8 Å². The smallest absolute Gasteiger partial charge is 0.0689 e. The van der Waals surface area contributed by atoms with Crippen LogP contribution < -0.4 is 0 Å². The Hall–Kier alpha value is -1.37. The minimum atomic E-state index is 0.863. The van der Waals surface area contributed by atoms with Gasteiger partial charge in [-0.2, -0.15) is 0 Å². The first kappa shape index (κ1) is 9.72. The lowest BCUT2D eigenvalue weighted by Crippen LogP contribution is -1.87. The zero-order valence-electron chi connectivity index (χ0n) is 8.09. The second kappa shape index (κ2) is 4.61.